The standard InChI is InChI=1S/C18H12ClN5O2/c19-12-3-1-11(2-4-12)15-9-23(18-16(15)17(20)21-10-22-18)13-5-7-14(8-6-13)24(25)26/h1-10H,(H2,20,21,22). The first-order chi connectivity index (χ1) is 12.5. The predicted molar refractivity (Wildman–Crippen MR) is 100 cm³/mol. The van der Waals surface area contributed by atoms with E-state index in [1.165, 1.54) is 18.5 Å². The molecule has 2 aromatic heterocycles. The molecule has 0 atom stereocenters. The second kappa shape index (κ2) is 6.12. The lowest BCUT2D eigenvalue weighted by molar-refractivity contribution is -0.384. The summed E-state index contributed by atoms with van der Waals surface area (Å²) in [5.41, 5.74) is 9.25. The van der Waals surface area contributed by atoms with E-state index in [0.717, 1.165) is 16.8 Å². The van der Waals surface area contributed by atoms with Gasteiger partial charge in [-0.05, 0) is 29.8 Å². The molecule has 0 fully saturated rings. The number of nitro benzene ring substituents is 1. The monoisotopic (exact) mass is 365 g/mol. The van der Waals surface area contributed by atoms with Crippen LogP contribution in [0.3, 0.4) is 0 Å². The maximum atomic E-state index is 10.9. The van der Waals surface area contributed by atoms with Crippen molar-refractivity contribution in [3.8, 4) is 16.8 Å². The Morgan fingerprint density at radius 3 is 2.38 bits per heavy atom. The van der Waals surface area contributed by atoms with Gasteiger partial charge >= 0.3 is 0 Å². The highest BCUT2D eigenvalue weighted by Gasteiger charge is 2.16. The van der Waals surface area contributed by atoms with Crippen molar-refractivity contribution in [2.45, 2.75) is 0 Å². The first-order valence-electron chi connectivity index (χ1n) is 7.67. The molecule has 0 bridgehead atoms. The van der Waals surface area contributed by atoms with Gasteiger partial charge in [0.1, 0.15) is 12.1 Å². The first-order valence-corrected chi connectivity index (χ1v) is 8.04. The zero-order valence-corrected chi connectivity index (χ0v) is 14.1. The second-order valence-electron chi connectivity index (χ2n) is 5.65. The van der Waals surface area contributed by atoms with Crippen molar-refractivity contribution >= 4 is 34.1 Å². The maximum absolute atomic E-state index is 10.9. The molecule has 128 valence electrons. The first kappa shape index (κ1) is 16.0. The average molecular weight is 366 g/mol. The summed E-state index contributed by atoms with van der Waals surface area (Å²) in [5, 5.41) is 12.2. The van der Waals surface area contributed by atoms with Gasteiger partial charge in [0.2, 0.25) is 0 Å². The van der Waals surface area contributed by atoms with Crippen LogP contribution in [0.25, 0.3) is 27.8 Å². The topological polar surface area (TPSA) is 99.9 Å². The summed E-state index contributed by atoms with van der Waals surface area (Å²) in [4.78, 5) is 18.9. The van der Waals surface area contributed by atoms with E-state index in [-0.39, 0.29) is 5.69 Å². The molecule has 0 amide bonds. The van der Waals surface area contributed by atoms with Crippen molar-refractivity contribution < 1.29 is 4.92 Å². The number of anilines is 1. The van der Waals surface area contributed by atoms with Gasteiger partial charge < -0.3 is 10.3 Å². The molecule has 4 aromatic rings. The van der Waals surface area contributed by atoms with Crippen LogP contribution in [-0.2, 0) is 0 Å². The molecule has 0 radical (unpaired) electrons. The van der Waals surface area contributed by atoms with Gasteiger partial charge in [-0.2, -0.15) is 0 Å². The molecule has 0 saturated heterocycles. The normalized spacial score (nSPS) is 11.0. The van der Waals surface area contributed by atoms with Crippen LogP contribution in [0.2, 0.25) is 5.02 Å². The number of hydrogen-bond donors (Lipinski definition) is 1. The fourth-order valence-electron chi connectivity index (χ4n) is 2.87. The van der Waals surface area contributed by atoms with Crippen LogP contribution in [0.5, 0.6) is 0 Å². The number of nitrogen functional groups attached to an aromatic ring is 1. The maximum Gasteiger partial charge on any atom is 0.269 e. The number of rotatable bonds is 3. The highest BCUT2D eigenvalue weighted by atomic mass is 35.5. The summed E-state index contributed by atoms with van der Waals surface area (Å²) >= 11 is 5.98. The van der Waals surface area contributed by atoms with E-state index in [1.807, 2.05) is 22.9 Å². The Labute approximate surface area is 152 Å². The van der Waals surface area contributed by atoms with Gasteiger partial charge in [-0.3, -0.25) is 10.1 Å². The zero-order valence-electron chi connectivity index (χ0n) is 13.3. The minimum atomic E-state index is -0.434. The van der Waals surface area contributed by atoms with Gasteiger partial charge in [-0.25, -0.2) is 9.97 Å². The number of halogens is 1. The number of non-ortho nitro benzene ring substituents is 1. The van der Waals surface area contributed by atoms with Gasteiger partial charge in [-0.1, -0.05) is 23.7 Å². The Hall–Kier alpha value is -3.45. The number of hydrogen-bond acceptors (Lipinski definition) is 5. The molecule has 0 saturated carbocycles. The SMILES string of the molecule is Nc1ncnc2c1c(-c1ccc(Cl)cc1)cn2-c1ccc([N+](=O)[O-])cc1. The molecular formula is C18H12ClN5O2. The predicted octanol–water partition coefficient (Wildman–Crippen LogP) is 4.23. The van der Waals surface area contributed by atoms with E-state index in [0.29, 0.717) is 21.9 Å². The van der Waals surface area contributed by atoms with E-state index < -0.39 is 4.92 Å². The van der Waals surface area contributed by atoms with Gasteiger partial charge in [0.15, 0.2) is 5.65 Å². The molecular weight excluding hydrogens is 354 g/mol. The van der Waals surface area contributed by atoms with Crippen LogP contribution in [-0.4, -0.2) is 19.5 Å². The second-order valence-corrected chi connectivity index (χ2v) is 6.09. The lowest BCUT2D eigenvalue weighted by Crippen LogP contribution is -1.97. The minimum Gasteiger partial charge on any atom is -0.383 e. The van der Waals surface area contributed by atoms with Crippen molar-refractivity contribution in [1.29, 1.82) is 0 Å². The number of fused-ring (bicyclic) bond motifs is 1. The third-order valence-electron chi connectivity index (χ3n) is 4.11. The van der Waals surface area contributed by atoms with E-state index in [1.54, 1.807) is 24.3 Å². The molecule has 0 unspecified atom stereocenters. The number of nitrogens with two attached hydrogens (primary N) is 1. The Bertz CT molecular complexity index is 1120. The van der Waals surface area contributed by atoms with E-state index in [9.17, 15) is 10.1 Å². The van der Waals surface area contributed by atoms with Gasteiger partial charge in [0.25, 0.3) is 5.69 Å². The molecule has 0 spiro atoms. The summed E-state index contributed by atoms with van der Waals surface area (Å²) in [6, 6.07) is 13.6. The molecule has 2 heterocycles. The Morgan fingerprint density at radius 2 is 1.73 bits per heavy atom. The summed E-state index contributed by atoms with van der Waals surface area (Å²) in [5.74, 6) is 0.362. The summed E-state index contributed by atoms with van der Waals surface area (Å²) in [6.45, 7) is 0. The van der Waals surface area contributed by atoms with Gasteiger partial charge in [0, 0.05) is 34.6 Å². The molecule has 4 rings (SSSR count). The van der Waals surface area contributed by atoms with Gasteiger partial charge in [0.05, 0.1) is 10.3 Å². The molecule has 8 heteroatoms. The van der Waals surface area contributed by atoms with Crippen LogP contribution >= 0.6 is 11.6 Å². The van der Waals surface area contributed by atoms with Crippen LogP contribution in [0.4, 0.5) is 11.5 Å². The van der Waals surface area contributed by atoms with E-state index in [4.69, 9.17) is 17.3 Å². The lowest BCUT2D eigenvalue weighted by atomic mass is 10.1. The Kier molecular flexibility index (Phi) is 3.78. The van der Waals surface area contributed by atoms with Crippen LogP contribution in [0.15, 0.2) is 61.1 Å². The molecule has 2 N–H and O–H groups in total. The molecule has 0 aliphatic rings. The van der Waals surface area contributed by atoms with Crippen molar-refractivity contribution in [2.75, 3.05) is 5.73 Å². The quantitative estimate of drug-likeness (QED) is 0.432. The molecule has 7 nitrogen and oxygen atoms in total. The Morgan fingerprint density at radius 1 is 1.04 bits per heavy atom. The summed E-state index contributed by atoms with van der Waals surface area (Å²) < 4.78 is 1.83. The summed E-state index contributed by atoms with van der Waals surface area (Å²) in [6.07, 6.45) is 3.28. The highest BCUT2D eigenvalue weighted by Crippen LogP contribution is 2.34. The van der Waals surface area contributed by atoms with Crippen molar-refractivity contribution in [1.82, 2.24) is 14.5 Å². The van der Waals surface area contributed by atoms with Crippen molar-refractivity contribution in [3.05, 3.63) is 76.2 Å². The van der Waals surface area contributed by atoms with Crippen molar-refractivity contribution in [2.24, 2.45) is 0 Å². The average Bonchev–Trinajstić information content (AvgIpc) is 3.03. The largest absolute Gasteiger partial charge is 0.383 e. The third-order valence-corrected chi connectivity index (χ3v) is 4.36. The highest BCUT2D eigenvalue weighted by molar-refractivity contribution is 6.30. The fourth-order valence-corrected chi connectivity index (χ4v) is 2.99. The molecule has 0 aliphatic carbocycles. The van der Waals surface area contributed by atoms with Crippen LogP contribution in [0, 0.1) is 10.1 Å². The Balaban J connectivity index is 1.95. The third kappa shape index (κ3) is 2.64. The lowest BCUT2D eigenvalue weighted by Gasteiger charge is -2.04. The van der Waals surface area contributed by atoms with Gasteiger partial charge in [-0.15, -0.1) is 0 Å². The number of nitro groups is 1. The summed E-state index contributed by atoms with van der Waals surface area (Å²) in [7, 11) is 0. The smallest absolute Gasteiger partial charge is 0.269 e. The zero-order chi connectivity index (χ0) is 18.3. The van der Waals surface area contributed by atoms with E-state index in [2.05, 4.69) is 9.97 Å². The number of nitrogens with zero attached hydrogens (tertiary/aromatic N) is 4. The molecule has 26 heavy (non-hydrogen) atoms. The van der Waals surface area contributed by atoms with E-state index >= 15 is 0 Å². The van der Waals surface area contributed by atoms with Crippen molar-refractivity contribution in [3.63, 3.8) is 0 Å². The number of aromatic nitrogens is 3. The molecule has 0 aliphatic heterocycles. The van der Waals surface area contributed by atoms with Crippen LogP contribution < -0.4 is 5.73 Å². The fraction of sp³-hybridized carbons (Fsp3) is 0. The van der Waals surface area contributed by atoms with Crippen LogP contribution in [0.1, 0.15) is 0 Å². The minimum absolute atomic E-state index is 0.0253. The number of benzene rings is 2. The molecule has 2 aromatic carbocycles.